The normalized spacial score (nSPS) is 16.5. The van der Waals surface area contributed by atoms with E-state index in [1.54, 1.807) is 36.4 Å². The summed E-state index contributed by atoms with van der Waals surface area (Å²) in [7, 11) is -0.845. The van der Waals surface area contributed by atoms with Crippen molar-refractivity contribution in [3.63, 3.8) is 0 Å². The van der Waals surface area contributed by atoms with Gasteiger partial charge in [-0.05, 0) is 30.7 Å². The highest BCUT2D eigenvalue weighted by Crippen LogP contribution is 2.39. The number of nitrogens with two attached hydrogens (primary N) is 1. The van der Waals surface area contributed by atoms with Crippen LogP contribution in [0.25, 0.3) is 0 Å². The highest BCUT2D eigenvalue weighted by Gasteiger charge is 2.37. The van der Waals surface area contributed by atoms with E-state index in [0.29, 0.717) is 29.3 Å². The zero-order valence-electron chi connectivity index (χ0n) is 14.8. The van der Waals surface area contributed by atoms with Gasteiger partial charge in [0.25, 0.3) is 10.0 Å². The summed E-state index contributed by atoms with van der Waals surface area (Å²) in [6, 6.07) is 11.0. The van der Waals surface area contributed by atoms with Gasteiger partial charge in [-0.1, -0.05) is 19.1 Å². The quantitative estimate of drug-likeness (QED) is 0.867. The van der Waals surface area contributed by atoms with Gasteiger partial charge < -0.3 is 15.2 Å². The fourth-order valence-corrected chi connectivity index (χ4v) is 4.44. The third-order valence-electron chi connectivity index (χ3n) is 4.20. The van der Waals surface area contributed by atoms with Gasteiger partial charge in [-0.25, -0.2) is 17.7 Å². The molecule has 0 saturated carbocycles. The Morgan fingerprint density at radius 2 is 1.81 bits per heavy atom. The molecule has 1 heterocycles. The van der Waals surface area contributed by atoms with Crippen molar-refractivity contribution in [2.24, 2.45) is 10.7 Å². The topological polar surface area (TPSA) is 94.2 Å². The molecule has 0 bridgehead atoms. The average molecular weight is 375 g/mol. The summed E-state index contributed by atoms with van der Waals surface area (Å²) in [4.78, 5) is 4.67. The number of ether oxygens (including phenoxy) is 2. The van der Waals surface area contributed by atoms with E-state index in [4.69, 9.17) is 15.2 Å². The summed E-state index contributed by atoms with van der Waals surface area (Å²) in [5.74, 6) is 1.20. The standard InChI is InChI=1S/C18H21N3O4S/c1-4-13(19)18-20-14-7-5-6-8-17(14)26(22,23)21(18)12-9-10-15(24-2)16(11-12)25-3/h5-11,13H,4,19H2,1-3H3. The van der Waals surface area contributed by atoms with Gasteiger partial charge in [0.15, 0.2) is 11.5 Å². The van der Waals surface area contributed by atoms with Crippen molar-refractivity contribution < 1.29 is 17.9 Å². The van der Waals surface area contributed by atoms with Crippen molar-refractivity contribution in [2.45, 2.75) is 24.3 Å². The van der Waals surface area contributed by atoms with E-state index in [9.17, 15) is 8.42 Å². The second-order valence-electron chi connectivity index (χ2n) is 5.76. The average Bonchev–Trinajstić information content (AvgIpc) is 2.66. The van der Waals surface area contributed by atoms with E-state index >= 15 is 0 Å². The second-order valence-corrected chi connectivity index (χ2v) is 7.52. The van der Waals surface area contributed by atoms with E-state index in [0.717, 1.165) is 0 Å². The number of benzene rings is 2. The van der Waals surface area contributed by atoms with Gasteiger partial charge in [-0.15, -0.1) is 0 Å². The van der Waals surface area contributed by atoms with Gasteiger partial charge in [-0.2, -0.15) is 0 Å². The third-order valence-corrected chi connectivity index (χ3v) is 5.98. The first kappa shape index (κ1) is 18.2. The SMILES string of the molecule is CCC(N)C1=Nc2ccccc2S(=O)(=O)N1c1ccc(OC)c(OC)c1. The van der Waals surface area contributed by atoms with Gasteiger partial charge in [0, 0.05) is 6.07 Å². The van der Waals surface area contributed by atoms with Crippen molar-refractivity contribution in [1.82, 2.24) is 0 Å². The molecule has 8 heteroatoms. The van der Waals surface area contributed by atoms with Crippen LogP contribution in [0.2, 0.25) is 0 Å². The lowest BCUT2D eigenvalue weighted by atomic mass is 10.2. The molecule has 0 spiro atoms. The minimum atomic E-state index is -3.86. The first-order valence-electron chi connectivity index (χ1n) is 8.14. The molecule has 2 N–H and O–H groups in total. The van der Waals surface area contributed by atoms with Crippen LogP contribution in [0.15, 0.2) is 52.4 Å². The van der Waals surface area contributed by atoms with Crippen molar-refractivity contribution in [1.29, 1.82) is 0 Å². The van der Waals surface area contributed by atoms with Crippen LogP contribution in [-0.4, -0.2) is 34.5 Å². The molecular weight excluding hydrogens is 354 g/mol. The summed E-state index contributed by atoms with van der Waals surface area (Å²) in [5, 5.41) is 0. The number of amidine groups is 1. The molecule has 2 aromatic rings. The van der Waals surface area contributed by atoms with Crippen LogP contribution in [-0.2, 0) is 10.0 Å². The van der Waals surface area contributed by atoms with E-state index in [1.807, 2.05) is 6.92 Å². The molecule has 0 aromatic heterocycles. The number of nitrogens with zero attached hydrogens (tertiary/aromatic N) is 2. The molecule has 1 aliphatic rings. The molecule has 1 atom stereocenters. The minimum absolute atomic E-state index is 0.141. The summed E-state index contributed by atoms with van der Waals surface area (Å²) < 4.78 is 38.3. The van der Waals surface area contributed by atoms with Crippen molar-refractivity contribution in [2.75, 3.05) is 18.5 Å². The molecule has 0 aliphatic carbocycles. The Morgan fingerprint density at radius 3 is 2.46 bits per heavy atom. The molecule has 0 saturated heterocycles. The van der Waals surface area contributed by atoms with Crippen LogP contribution in [0.3, 0.4) is 0 Å². The summed E-state index contributed by atoms with van der Waals surface area (Å²) in [6.45, 7) is 1.88. The Hall–Kier alpha value is -2.58. The molecule has 2 aromatic carbocycles. The van der Waals surface area contributed by atoms with Crippen molar-refractivity contribution >= 4 is 27.2 Å². The number of para-hydroxylation sites is 1. The Kier molecular flexibility index (Phi) is 4.88. The van der Waals surface area contributed by atoms with E-state index in [-0.39, 0.29) is 10.7 Å². The van der Waals surface area contributed by atoms with E-state index in [1.165, 1.54) is 24.6 Å². The number of aliphatic imine (C=N–C) groups is 1. The van der Waals surface area contributed by atoms with Crippen LogP contribution in [0, 0.1) is 0 Å². The maximum Gasteiger partial charge on any atom is 0.271 e. The van der Waals surface area contributed by atoms with Gasteiger partial charge in [0.05, 0.1) is 31.6 Å². The zero-order valence-corrected chi connectivity index (χ0v) is 15.7. The Balaban J connectivity index is 2.24. The molecule has 138 valence electrons. The molecular formula is C18H21N3O4S. The molecule has 3 rings (SSSR count). The Morgan fingerprint density at radius 1 is 1.12 bits per heavy atom. The number of sulfonamides is 1. The highest BCUT2D eigenvalue weighted by molar-refractivity contribution is 7.93. The number of anilines is 1. The molecule has 1 aliphatic heterocycles. The van der Waals surface area contributed by atoms with Crippen molar-refractivity contribution in [3.05, 3.63) is 42.5 Å². The van der Waals surface area contributed by atoms with Crippen LogP contribution in [0.5, 0.6) is 11.5 Å². The minimum Gasteiger partial charge on any atom is -0.493 e. The van der Waals surface area contributed by atoms with Crippen LogP contribution < -0.4 is 19.5 Å². The number of fused-ring (bicyclic) bond motifs is 1. The van der Waals surface area contributed by atoms with E-state index in [2.05, 4.69) is 4.99 Å². The van der Waals surface area contributed by atoms with Gasteiger partial charge >= 0.3 is 0 Å². The van der Waals surface area contributed by atoms with Gasteiger partial charge in [0.2, 0.25) is 0 Å². The smallest absolute Gasteiger partial charge is 0.271 e. The number of rotatable bonds is 5. The maximum absolute atomic E-state index is 13.3. The number of hydrogen-bond donors (Lipinski definition) is 1. The lowest BCUT2D eigenvalue weighted by Crippen LogP contribution is -2.48. The predicted molar refractivity (Wildman–Crippen MR) is 101 cm³/mol. The van der Waals surface area contributed by atoms with Crippen LogP contribution >= 0.6 is 0 Å². The van der Waals surface area contributed by atoms with Crippen LogP contribution in [0.4, 0.5) is 11.4 Å². The molecule has 26 heavy (non-hydrogen) atoms. The largest absolute Gasteiger partial charge is 0.493 e. The lowest BCUT2D eigenvalue weighted by Gasteiger charge is -2.32. The fraction of sp³-hybridized carbons (Fsp3) is 0.278. The molecule has 0 amide bonds. The summed E-state index contributed by atoms with van der Waals surface area (Å²) in [5.41, 5.74) is 6.97. The predicted octanol–water partition coefficient (Wildman–Crippen LogP) is 2.68. The highest BCUT2D eigenvalue weighted by atomic mass is 32.2. The van der Waals surface area contributed by atoms with Gasteiger partial charge in [-0.3, -0.25) is 0 Å². The molecule has 1 unspecified atom stereocenters. The summed E-state index contributed by atoms with van der Waals surface area (Å²) >= 11 is 0. The zero-order chi connectivity index (χ0) is 18.9. The Bertz CT molecular complexity index is 957. The maximum atomic E-state index is 13.3. The number of hydrogen-bond acceptors (Lipinski definition) is 6. The third kappa shape index (κ3) is 2.91. The van der Waals surface area contributed by atoms with E-state index < -0.39 is 16.1 Å². The lowest BCUT2D eigenvalue weighted by molar-refractivity contribution is 0.355. The monoisotopic (exact) mass is 375 g/mol. The summed E-state index contributed by atoms with van der Waals surface area (Å²) in [6.07, 6.45) is 0.542. The first-order chi connectivity index (χ1) is 12.4. The first-order valence-corrected chi connectivity index (χ1v) is 9.58. The molecule has 0 fully saturated rings. The molecule has 7 nitrogen and oxygen atoms in total. The Labute approximate surface area is 153 Å². The number of methoxy groups -OCH3 is 2. The van der Waals surface area contributed by atoms with Gasteiger partial charge in [0.1, 0.15) is 10.7 Å². The second kappa shape index (κ2) is 6.97. The fourth-order valence-electron chi connectivity index (χ4n) is 2.80. The van der Waals surface area contributed by atoms with Crippen LogP contribution in [0.1, 0.15) is 13.3 Å². The molecule has 0 radical (unpaired) electrons. The van der Waals surface area contributed by atoms with Crippen molar-refractivity contribution in [3.8, 4) is 11.5 Å².